The third-order valence-corrected chi connectivity index (χ3v) is 6.34. The minimum Gasteiger partial charge on any atom is -0.480 e. The molecule has 0 unspecified atom stereocenters. The van der Waals surface area contributed by atoms with Crippen LogP contribution in [-0.4, -0.2) is 57.1 Å². The first-order chi connectivity index (χ1) is 18.1. The molecule has 3 N–H and O–H groups in total. The van der Waals surface area contributed by atoms with Crippen LogP contribution >= 0.6 is 0 Å². The average Bonchev–Trinajstić information content (AvgIpc) is 3.67. The highest BCUT2D eigenvalue weighted by Crippen LogP contribution is 2.44. The molecule has 2 amide bonds. The van der Waals surface area contributed by atoms with Gasteiger partial charge >= 0.3 is 12.2 Å². The number of methoxy groups -OCH3 is 1. The van der Waals surface area contributed by atoms with Gasteiger partial charge in [0, 0.05) is 43.5 Å². The number of nitrogens with two attached hydrogens (primary N) is 1. The molecule has 1 aliphatic heterocycles. The number of carbonyl (C=O) groups is 1. The van der Waals surface area contributed by atoms with Crippen molar-refractivity contribution in [2.24, 2.45) is 17.8 Å². The molecule has 5 rings (SSSR count). The van der Waals surface area contributed by atoms with Gasteiger partial charge in [0.05, 0.1) is 30.6 Å². The van der Waals surface area contributed by atoms with E-state index in [0.29, 0.717) is 34.1 Å². The summed E-state index contributed by atoms with van der Waals surface area (Å²) in [6, 6.07) is 2.59. The lowest BCUT2D eigenvalue weighted by Gasteiger charge is -2.30. The number of imidazole rings is 1. The van der Waals surface area contributed by atoms with Crippen molar-refractivity contribution >= 4 is 23.4 Å². The fourth-order valence-electron chi connectivity index (χ4n) is 4.29. The first-order valence-electron chi connectivity index (χ1n) is 11.6. The maximum atomic E-state index is 13.1. The number of carbonyl (C=O) groups excluding carboxylic acids is 1. The second kappa shape index (κ2) is 9.43. The van der Waals surface area contributed by atoms with Gasteiger partial charge in [0.25, 0.3) is 0 Å². The van der Waals surface area contributed by atoms with E-state index in [-0.39, 0.29) is 24.1 Å². The fraction of sp³-hybridized carbons (Fsp3) is 0.333. The number of aromatic nitrogens is 5. The standard InChI is InChI=1S/C24H24F3N9O2/c1-29-20-14(18(28)17-19(12-4-5-12)31-11-32-22(17)38-3)9-36(23(37)34-20)16-7-6-13(8-30-16)21-33-15(10-35(21)2)24(25,26)27/h6-8,10-12H,4-5,9,28H2,1-3H3,(H,29,34,37)/b18-14-. The second-order valence-corrected chi connectivity index (χ2v) is 8.86. The van der Waals surface area contributed by atoms with Crippen molar-refractivity contribution in [2.45, 2.75) is 24.9 Å². The molecule has 1 aliphatic carbocycles. The molecule has 2 fully saturated rings. The van der Waals surface area contributed by atoms with Crippen LogP contribution in [0.3, 0.4) is 0 Å². The Hall–Kier alpha value is -4.49. The van der Waals surface area contributed by atoms with E-state index in [1.807, 2.05) is 0 Å². The Balaban J connectivity index is 1.50. The van der Waals surface area contributed by atoms with Gasteiger partial charge in [-0.2, -0.15) is 13.2 Å². The zero-order chi connectivity index (χ0) is 27.2. The van der Waals surface area contributed by atoms with Gasteiger partial charge in [-0.1, -0.05) is 0 Å². The predicted molar refractivity (Wildman–Crippen MR) is 132 cm³/mol. The van der Waals surface area contributed by atoms with E-state index in [2.05, 4.69) is 30.2 Å². The van der Waals surface area contributed by atoms with E-state index in [1.54, 1.807) is 6.07 Å². The van der Waals surface area contributed by atoms with Gasteiger partial charge in [-0.3, -0.25) is 15.2 Å². The first kappa shape index (κ1) is 25.2. The number of halogens is 3. The highest BCUT2D eigenvalue weighted by Gasteiger charge is 2.36. The summed E-state index contributed by atoms with van der Waals surface area (Å²) in [6.07, 6.45) is 1.09. The van der Waals surface area contributed by atoms with Crippen LogP contribution in [0.2, 0.25) is 0 Å². The molecule has 3 aromatic heterocycles. The Labute approximate surface area is 215 Å². The maximum absolute atomic E-state index is 13.1. The summed E-state index contributed by atoms with van der Waals surface area (Å²) in [5.41, 5.74) is 8.18. The van der Waals surface area contributed by atoms with Crippen molar-refractivity contribution in [3.63, 3.8) is 0 Å². The Morgan fingerprint density at radius 1 is 1.24 bits per heavy atom. The highest BCUT2D eigenvalue weighted by molar-refractivity contribution is 6.18. The molecule has 4 heterocycles. The Morgan fingerprint density at radius 3 is 2.58 bits per heavy atom. The van der Waals surface area contributed by atoms with Gasteiger partial charge in [0.15, 0.2) is 5.69 Å². The molecule has 0 atom stereocenters. The Bertz CT molecular complexity index is 1460. The number of pyridine rings is 1. The molecular formula is C24H24F3N9O2. The van der Waals surface area contributed by atoms with Crippen LogP contribution in [0.4, 0.5) is 23.8 Å². The van der Waals surface area contributed by atoms with E-state index in [1.165, 1.54) is 49.3 Å². The number of anilines is 1. The lowest BCUT2D eigenvalue weighted by atomic mass is 10.0. The molecule has 14 heteroatoms. The zero-order valence-electron chi connectivity index (χ0n) is 20.7. The van der Waals surface area contributed by atoms with Gasteiger partial charge in [-0.15, -0.1) is 0 Å². The summed E-state index contributed by atoms with van der Waals surface area (Å²) >= 11 is 0. The number of ether oxygens (including phenoxy) is 1. The summed E-state index contributed by atoms with van der Waals surface area (Å²) in [5, 5.41) is 2.73. The molecule has 198 valence electrons. The number of aliphatic imine (C=N–C) groups is 1. The van der Waals surface area contributed by atoms with Gasteiger partial charge in [-0.25, -0.2) is 24.7 Å². The summed E-state index contributed by atoms with van der Waals surface area (Å²) in [6.45, 7) is 0.0273. The molecule has 38 heavy (non-hydrogen) atoms. The summed E-state index contributed by atoms with van der Waals surface area (Å²) in [5.74, 6) is 1.21. The Kier molecular flexibility index (Phi) is 6.25. The lowest BCUT2D eigenvalue weighted by molar-refractivity contribution is -0.140. The predicted octanol–water partition coefficient (Wildman–Crippen LogP) is 3.10. The zero-order valence-corrected chi connectivity index (χ0v) is 20.7. The van der Waals surface area contributed by atoms with Crippen LogP contribution in [0, 0.1) is 0 Å². The van der Waals surface area contributed by atoms with Crippen molar-refractivity contribution in [2.75, 3.05) is 25.6 Å². The highest BCUT2D eigenvalue weighted by atomic mass is 19.4. The minimum atomic E-state index is -4.57. The third-order valence-electron chi connectivity index (χ3n) is 6.34. The molecule has 0 bridgehead atoms. The molecule has 3 aromatic rings. The summed E-state index contributed by atoms with van der Waals surface area (Å²) in [7, 11) is 4.50. The summed E-state index contributed by atoms with van der Waals surface area (Å²) < 4.78 is 45.9. The van der Waals surface area contributed by atoms with Crippen LogP contribution < -0.4 is 20.7 Å². The van der Waals surface area contributed by atoms with Crippen molar-refractivity contribution in [1.82, 2.24) is 29.8 Å². The number of rotatable bonds is 5. The van der Waals surface area contributed by atoms with E-state index in [9.17, 15) is 18.0 Å². The largest absolute Gasteiger partial charge is 0.480 e. The van der Waals surface area contributed by atoms with Gasteiger partial charge < -0.3 is 15.0 Å². The first-order valence-corrected chi connectivity index (χ1v) is 11.6. The van der Waals surface area contributed by atoms with E-state index >= 15 is 0 Å². The number of hydrogen-bond donors (Lipinski definition) is 2. The number of amidine groups is 1. The number of nitrogens with one attached hydrogen (secondary N) is 1. The number of hydrogen-bond acceptors (Lipinski definition) is 8. The molecule has 1 saturated heterocycles. The van der Waals surface area contributed by atoms with Crippen molar-refractivity contribution in [1.29, 1.82) is 0 Å². The van der Waals surface area contributed by atoms with Crippen LogP contribution in [0.15, 0.2) is 41.4 Å². The molecule has 2 aliphatic rings. The SMILES string of the molecule is CN=C1NC(=O)N(c2ccc(-c3nc(C(F)(F)F)cn3C)cn2)C/C1=C(/N)c1c(OC)ncnc1C1CC1. The van der Waals surface area contributed by atoms with Crippen LogP contribution in [0.25, 0.3) is 17.1 Å². The monoisotopic (exact) mass is 527 g/mol. The molecule has 11 nitrogen and oxygen atoms in total. The van der Waals surface area contributed by atoms with E-state index in [4.69, 9.17) is 10.5 Å². The average molecular weight is 528 g/mol. The third kappa shape index (κ3) is 4.53. The number of aryl methyl sites for hydroxylation is 1. The molecule has 0 aromatic carbocycles. The van der Waals surface area contributed by atoms with Gasteiger partial charge in [-0.05, 0) is 25.0 Å². The number of urea groups is 1. The van der Waals surface area contributed by atoms with E-state index < -0.39 is 17.9 Å². The number of nitrogens with zero attached hydrogens (tertiary/aromatic N) is 7. The normalized spacial score (nSPS) is 18.5. The maximum Gasteiger partial charge on any atom is 0.434 e. The second-order valence-electron chi connectivity index (χ2n) is 8.86. The molecule has 1 saturated carbocycles. The molecular weight excluding hydrogens is 503 g/mol. The smallest absolute Gasteiger partial charge is 0.434 e. The lowest BCUT2D eigenvalue weighted by Crippen LogP contribution is -2.52. The minimum absolute atomic E-state index is 0.0273. The quantitative estimate of drug-likeness (QED) is 0.520. The van der Waals surface area contributed by atoms with E-state index in [0.717, 1.165) is 24.7 Å². The number of amides is 2. The Morgan fingerprint density at radius 2 is 2.00 bits per heavy atom. The van der Waals surface area contributed by atoms with Crippen LogP contribution in [-0.2, 0) is 13.2 Å². The van der Waals surface area contributed by atoms with Crippen molar-refractivity contribution < 1.29 is 22.7 Å². The van der Waals surface area contributed by atoms with Crippen molar-refractivity contribution in [3.8, 4) is 17.3 Å². The topological polar surface area (TPSA) is 136 Å². The van der Waals surface area contributed by atoms with Crippen molar-refractivity contribution in [3.05, 3.63) is 53.4 Å². The molecule has 0 spiro atoms. The number of alkyl halides is 3. The summed E-state index contributed by atoms with van der Waals surface area (Å²) in [4.78, 5) is 35.1. The fourth-order valence-corrected chi connectivity index (χ4v) is 4.29. The van der Waals surface area contributed by atoms with Crippen LogP contribution in [0.5, 0.6) is 5.88 Å². The van der Waals surface area contributed by atoms with Gasteiger partial charge in [0.2, 0.25) is 5.88 Å². The molecule has 0 radical (unpaired) electrons. The van der Waals surface area contributed by atoms with Gasteiger partial charge in [0.1, 0.15) is 23.8 Å². The van der Waals surface area contributed by atoms with Crippen LogP contribution in [0.1, 0.15) is 35.7 Å².